The Kier molecular flexibility index (Phi) is 7.74. The molecule has 244 valence electrons. The van der Waals surface area contributed by atoms with Crippen molar-refractivity contribution < 1.29 is 0 Å². The van der Waals surface area contributed by atoms with Gasteiger partial charge in [-0.05, 0) is 119 Å². The molecule has 1 aliphatic rings. The summed E-state index contributed by atoms with van der Waals surface area (Å²) in [5, 5.41) is 2.53. The van der Waals surface area contributed by atoms with E-state index < -0.39 is 0 Å². The molecule has 0 bridgehead atoms. The van der Waals surface area contributed by atoms with E-state index in [9.17, 15) is 0 Å². The summed E-state index contributed by atoms with van der Waals surface area (Å²) in [6.07, 6.45) is 1.82. The summed E-state index contributed by atoms with van der Waals surface area (Å²) >= 11 is 0. The second-order valence-corrected chi connectivity index (χ2v) is 13.7. The van der Waals surface area contributed by atoms with Gasteiger partial charge in [-0.15, -0.1) is 0 Å². The fourth-order valence-electron chi connectivity index (χ4n) is 7.43. The first-order valence-corrected chi connectivity index (χ1v) is 17.7. The van der Waals surface area contributed by atoms with E-state index in [-0.39, 0.29) is 0 Å². The molecule has 0 unspecified atom stereocenters. The van der Waals surface area contributed by atoms with E-state index in [0.717, 1.165) is 63.8 Å². The maximum Gasteiger partial charge on any atom is 0.160 e. The van der Waals surface area contributed by atoms with Crippen molar-refractivity contribution in [1.82, 2.24) is 9.97 Å². The standard InChI is InChI=1S/C48H37N3/c1-32-11-9-17-43(23-32)51(44-18-10-12-33(2)24-44)45-22-21-37-26-40-28-39-27-38(20-19-36(39)25-41(40)29-42(37)30-45)47-31-46(34-13-5-3-6-14-34)49-48(50-47)35-15-7-4-8-16-35/h3-24,26-27,29-31H,25,28H2,1-2H3. The molecule has 0 saturated heterocycles. The minimum Gasteiger partial charge on any atom is -0.310 e. The van der Waals surface area contributed by atoms with Crippen molar-refractivity contribution in [2.24, 2.45) is 0 Å². The predicted molar refractivity (Wildman–Crippen MR) is 212 cm³/mol. The third-order valence-corrected chi connectivity index (χ3v) is 10.0. The largest absolute Gasteiger partial charge is 0.310 e. The van der Waals surface area contributed by atoms with Crippen molar-refractivity contribution in [2.45, 2.75) is 26.7 Å². The normalized spacial score (nSPS) is 12.0. The minimum atomic E-state index is 0.740. The number of hydrogen-bond donors (Lipinski definition) is 0. The van der Waals surface area contributed by atoms with E-state index in [2.05, 4.69) is 158 Å². The van der Waals surface area contributed by atoms with Crippen LogP contribution in [0.25, 0.3) is 44.7 Å². The van der Waals surface area contributed by atoms with Gasteiger partial charge in [0, 0.05) is 33.8 Å². The number of fused-ring (bicyclic) bond motifs is 3. The van der Waals surface area contributed by atoms with Crippen LogP contribution in [0.15, 0.2) is 164 Å². The second-order valence-electron chi connectivity index (χ2n) is 13.7. The molecule has 51 heavy (non-hydrogen) atoms. The van der Waals surface area contributed by atoms with Gasteiger partial charge < -0.3 is 4.90 Å². The highest BCUT2D eigenvalue weighted by atomic mass is 15.1. The molecule has 0 aliphatic heterocycles. The molecule has 8 aromatic rings. The van der Waals surface area contributed by atoms with Crippen LogP contribution in [0.3, 0.4) is 0 Å². The van der Waals surface area contributed by atoms with Crippen LogP contribution in [-0.2, 0) is 12.8 Å². The van der Waals surface area contributed by atoms with Crippen LogP contribution in [0.1, 0.15) is 33.4 Å². The van der Waals surface area contributed by atoms with Crippen LogP contribution in [0, 0.1) is 13.8 Å². The predicted octanol–water partition coefficient (Wildman–Crippen LogP) is 12.2. The average molecular weight is 656 g/mol. The van der Waals surface area contributed by atoms with E-state index in [0.29, 0.717) is 0 Å². The lowest BCUT2D eigenvalue weighted by Gasteiger charge is -2.27. The Bertz CT molecular complexity index is 2450. The van der Waals surface area contributed by atoms with Gasteiger partial charge in [0.1, 0.15) is 0 Å². The number of benzene rings is 7. The Balaban J connectivity index is 1.07. The average Bonchev–Trinajstić information content (AvgIpc) is 3.17. The molecule has 7 aromatic carbocycles. The minimum absolute atomic E-state index is 0.740. The van der Waals surface area contributed by atoms with Gasteiger partial charge in [-0.3, -0.25) is 0 Å². The van der Waals surface area contributed by atoms with Crippen molar-refractivity contribution in [3.63, 3.8) is 0 Å². The van der Waals surface area contributed by atoms with E-state index >= 15 is 0 Å². The molecule has 0 radical (unpaired) electrons. The van der Waals surface area contributed by atoms with E-state index in [1.165, 1.54) is 44.2 Å². The van der Waals surface area contributed by atoms with E-state index in [4.69, 9.17) is 9.97 Å². The molecule has 0 spiro atoms. The highest BCUT2D eigenvalue weighted by Gasteiger charge is 2.20. The lowest BCUT2D eigenvalue weighted by Crippen LogP contribution is -2.11. The topological polar surface area (TPSA) is 29.0 Å². The lowest BCUT2D eigenvalue weighted by molar-refractivity contribution is 1.01. The molecule has 1 heterocycles. The Hall–Kier alpha value is -6.32. The van der Waals surface area contributed by atoms with Crippen molar-refractivity contribution in [3.8, 4) is 33.9 Å². The first kappa shape index (κ1) is 30.7. The summed E-state index contributed by atoms with van der Waals surface area (Å²) in [6.45, 7) is 4.31. The van der Waals surface area contributed by atoms with Crippen LogP contribution < -0.4 is 4.90 Å². The summed E-state index contributed by atoms with van der Waals surface area (Å²) in [6, 6.07) is 58.9. The Morgan fingerprint density at radius 3 is 1.63 bits per heavy atom. The fourth-order valence-corrected chi connectivity index (χ4v) is 7.43. The fraction of sp³-hybridized carbons (Fsp3) is 0.0833. The van der Waals surface area contributed by atoms with Gasteiger partial charge in [-0.25, -0.2) is 9.97 Å². The molecule has 1 aliphatic carbocycles. The zero-order valence-electron chi connectivity index (χ0n) is 28.8. The lowest BCUT2D eigenvalue weighted by atomic mass is 9.83. The Morgan fingerprint density at radius 1 is 0.392 bits per heavy atom. The monoisotopic (exact) mass is 655 g/mol. The van der Waals surface area contributed by atoms with Crippen LogP contribution >= 0.6 is 0 Å². The van der Waals surface area contributed by atoms with Gasteiger partial charge in [-0.1, -0.05) is 115 Å². The van der Waals surface area contributed by atoms with Crippen LogP contribution in [-0.4, -0.2) is 9.97 Å². The Labute approximate surface area is 299 Å². The van der Waals surface area contributed by atoms with E-state index in [1.807, 2.05) is 24.3 Å². The summed E-state index contributed by atoms with van der Waals surface area (Å²) in [5.41, 5.74) is 16.6. The molecular weight excluding hydrogens is 619 g/mol. The van der Waals surface area contributed by atoms with Gasteiger partial charge >= 0.3 is 0 Å². The molecule has 0 atom stereocenters. The van der Waals surface area contributed by atoms with Crippen molar-refractivity contribution in [2.75, 3.05) is 4.90 Å². The van der Waals surface area contributed by atoms with Crippen LogP contribution in [0.5, 0.6) is 0 Å². The molecule has 1 aromatic heterocycles. The molecule has 0 amide bonds. The second kappa shape index (κ2) is 12.9. The zero-order valence-corrected chi connectivity index (χ0v) is 28.8. The molecule has 0 N–H and O–H groups in total. The Morgan fingerprint density at radius 2 is 0.961 bits per heavy atom. The highest BCUT2D eigenvalue weighted by Crippen LogP contribution is 2.39. The quantitative estimate of drug-likeness (QED) is 0.178. The molecule has 9 rings (SSSR count). The number of rotatable bonds is 6. The summed E-state index contributed by atoms with van der Waals surface area (Å²) in [7, 11) is 0. The third kappa shape index (κ3) is 6.08. The highest BCUT2D eigenvalue weighted by molar-refractivity contribution is 5.91. The molecule has 3 heteroatoms. The number of aryl methyl sites for hydroxylation is 2. The number of nitrogens with zero attached hydrogens (tertiary/aromatic N) is 3. The van der Waals surface area contributed by atoms with Crippen LogP contribution in [0.2, 0.25) is 0 Å². The first-order valence-electron chi connectivity index (χ1n) is 17.7. The third-order valence-electron chi connectivity index (χ3n) is 10.0. The number of aromatic nitrogens is 2. The number of anilines is 3. The smallest absolute Gasteiger partial charge is 0.160 e. The maximum absolute atomic E-state index is 5.09. The van der Waals surface area contributed by atoms with E-state index in [1.54, 1.807) is 0 Å². The first-order chi connectivity index (χ1) is 25.0. The van der Waals surface area contributed by atoms with Crippen molar-refractivity contribution >= 4 is 27.8 Å². The van der Waals surface area contributed by atoms with Crippen LogP contribution in [0.4, 0.5) is 17.1 Å². The van der Waals surface area contributed by atoms with Gasteiger partial charge in [0.2, 0.25) is 0 Å². The molecule has 0 fully saturated rings. The van der Waals surface area contributed by atoms with Gasteiger partial charge in [0.05, 0.1) is 11.4 Å². The summed E-state index contributed by atoms with van der Waals surface area (Å²) < 4.78 is 0. The zero-order chi connectivity index (χ0) is 34.3. The maximum atomic E-state index is 5.09. The van der Waals surface area contributed by atoms with Gasteiger partial charge in [0.15, 0.2) is 5.82 Å². The molecule has 0 saturated carbocycles. The number of hydrogen-bond acceptors (Lipinski definition) is 3. The van der Waals surface area contributed by atoms with Crippen molar-refractivity contribution in [1.29, 1.82) is 0 Å². The SMILES string of the molecule is Cc1cccc(N(c2cccc(C)c2)c2ccc3cc4c(cc3c2)Cc2ccc(-c3cc(-c5ccccc5)nc(-c5ccccc5)n3)cc2C4)c1. The molecule has 3 nitrogen and oxygen atoms in total. The molecular formula is C48H37N3. The van der Waals surface area contributed by atoms with Gasteiger partial charge in [0.25, 0.3) is 0 Å². The van der Waals surface area contributed by atoms with Crippen molar-refractivity contribution in [3.05, 3.63) is 197 Å². The van der Waals surface area contributed by atoms with Gasteiger partial charge in [-0.2, -0.15) is 0 Å². The summed E-state index contributed by atoms with van der Waals surface area (Å²) in [4.78, 5) is 12.5. The summed E-state index contributed by atoms with van der Waals surface area (Å²) in [5.74, 6) is 0.740.